The molecule has 5 N–H and O–H groups in total. The van der Waals surface area contributed by atoms with Crippen LogP contribution < -0.4 is 26.8 Å². The molecule has 0 radical (unpaired) electrons. The second kappa shape index (κ2) is 9.30. The molecule has 0 amide bonds. The van der Waals surface area contributed by atoms with Crippen molar-refractivity contribution >= 4 is 46.6 Å². The van der Waals surface area contributed by atoms with E-state index in [1.54, 1.807) is 0 Å². The molecule has 1 heterocycles. The topological polar surface area (TPSA) is 98.8 Å². The number of hydrogen-bond acceptors (Lipinski definition) is 7. The molecule has 0 saturated heterocycles. The number of anilines is 5. The standard InChI is InChI=1S/C18H20N8S/c1-2-19-18(27)26-25-17-23-15(20-13-9-5-3-6-10-13)22-16(24-17)21-14-11-7-4-8-12-14/h3-12H,2H2,1H3,(H2,19,26,27)(H3,20,21,22,23,24,25). The van der Waals surface area contributed by atoms with Crippen LogP contribution >= 0.6 is 12.2 Å². The van der Waals surface area contributed by atoms with Gasteiger partial charge in [0.15, 0.2) is 5.11 Å². The van der Waals surface area contributed by atoms with Crippen molar-refractivity contribution in [1.82, 2.24) is 25.7 Å². The van der Waals surface area contributed by atoms with Crippen LogP contribution in [0.25, 0.3) is 0 Å². The molecule has 0 atom stereocenters. The van der Waals surface area contributed by atoms with Crippen molar-refractivity contribution in [2.75, 3.05) is 22.6 Å². The molecule has 0 spiro atoms. The van der Waals surface area contributed by atoms with Crippen molar-refractivity contribution in [2.24, 2.45) is 0 Å². The average Bonchev–Trinajstić information content (AvgIpc) is 2.68. The summed E-state index contributed by atoms with van der Waals surface area (Å²) in [4.78, 5) is 13.2. The van der Waals surface area contributed by atoms with Crippen LogP contribution in [-0.2, 0) is 0 Å². The molecule has 0 aliphatic heterocycles. The molecule has 138 valence electrons. The van der Waals surface area contributed by atoms with Gasteiger partial charge in [0.25, 0.3) is 0 Å². The Balaban J connectivity index is 1.81. The van der Waals surface area contributed by atoms with Gasteiger partial charge < -0.3 is 16.0 Å². The van der Waals surface area contributed by atoms with E-state index in [9.17, 15) is 0 Å². The fraction of sp³-hybridized carbons (Fsp3) is 0.111. The van der Waals surface area contributed by atoms with Crippen LogP contribution in [-0.4, -0.2) is 26.6 Å². The molecule has 3 aromatic rings. The van der Waals surface area contributed by atoms with E-state index >= 15 is 0 Å². The number of nitrogens with zero attached hydrogens (tertiary/aromatic N) is 3. The third-order valence-corrected chi connectivity index (χ3v) is 3.57. The van der Waals surface area contributed by atoms with Gasteiger partial charge in [-0.25, -0.2) is 0 Å². The summed E-state index contributed by atoms with van der Waals surface area (Å²) in [6.45, 7) is 2.67. The molecule has 0 unspecified atom stereocenters. The molecular formula is C18H20N8S. The lowest BCUT2D eigenvalue weighted by molar-refractivity contribution is 0.912. The van der Waals surface area contributed by atoms with E-state index in [2.05, 4.69) is 41.8 Å². The molecule has 0 fully saturated rings. The first-order valence-electron chi connectivity index (χ1n) is 8.43. The van der Waals surface area contributed by atoms with Crippen LogP contribution in [0, 0.1) is 0 Å². The monoisotopic (exact) mass is 380 g/mol. The van der Waals surface area contributed by atoms with E-state index in [4.69, 9.17) is 12.2 Å². The van der Waals surface area contributed by atoms with E-state index in [0.29, 0.717) is 29.5 Å². The maximum Gasteiger partial charge on any atom is 0.248 e. The molecule has 2 aromatic carbocycles. The van der Waals surface area contributed by atoms with Crippen molar-refractivity contribution in [1.29, 1.82) is 0 Å². The predicted octanol–water partition coefficient (Wildman–Crippen LogP) is 3.17. The van der Waals surface area contributed by atoms with Gasteiger partial charge in [-0.15, -0.1) is 0 Å². The van der Waals surface area contributed by atoms with E-state index in [0.717, 1.165) is 11.4 Å². The van der Waals surface area contributed by atoms with Crippen LogP contribution in [0.1, 0.15) is 6.92 Å². The summed E-state index contributed by atoms with van der Waals surface area (Å²) in [5, 5.41) is 9.76. The van der Waals surface area contributed by atoms with E-state index in [1.807, 2.05) is 67.6 Å². The van der Waals surface area contributed by atoms with Gasteiger partial charge in [0.2, 0.25) is 17.8 Å². The number of benzene rings is 2. The molecule has 9 heteroatoms. The Bertz CT molecular complexity index is 813. The van der Waals surface area contributed by atoms with Crippen LogP contribution in [0.2, 0.25) is 0 Å². The Labute approximate surface area is 162 Å². The lowest BCUT2D eigenvalue weighted by Crippen LogP contribution is -2.39. The SMILES string of the molecule is CCNC(=S)NNc1nc(Nc2ccccc2)nc(Nc2ccccc2)n1. The summed E-state index contributed by atoms with van der Waals surface area (Å²) >= 11 is 5.14. The highest BCUT2D eigenvalue weighted by Crippen LogP contribution is 2.18. The van der Waals surface area contributed by atoms with Crippen molar-refractivity contribution in [3.05, 3.63) is 60.7 Å². The Morgan fingerprint density at radius 3 is 1.74 bits per heavy atom. The molecule has 0 saturated carbocycles. The summed E-state index contributed by atoms with van der Waals surface area (Å²) in [6.07, 6.45) is 0. The number of hydrogen-bond donors (Lipinski definition) is 5. The summed E-state index contributed by atoms with van der Waals surface area (Å²) in [7, 11) is 0. The molecule has 0 bridgehead atoms. The van der Waals surface area contributed by atoms with Crippen LogP contribution in [0.4, 0.5) is 29.2 Å². The smallest absolute Gasteiger partial charge is 0.248 e. The first-order valence-corrected chi connectivity index (χ1v) is 8.84. The first-order chi connectivity index (χ1) is 13.2. The van der Waals surface area contributed by atoms with Gasteiger partial charge in [-0.3, -0.25) is 10.9 Å². The van der Waals surface area contributed by atoms with Crippen molar-refractivity contribution < 1.29 is 0 Å². The second-order valence-corrected chi connectivity index (χ2v) is 5.81. The van der Waals surface area contributed by atoms with Crippen molar-refractivity contribution in [3.8, 4) is 0 Å². The fourth-order valence-corrected chi connectivity index (χ4v) is 2.36. The molecule has 8 nitrogen and oxygen atoms in total. The molecule has 0 aliphatic rings. The van der Waals surface area contributed by atoms with E-state index in [1.165, 1.54) is 0 Å². The quantitative estimate of drug-likeness (QED) is 0.313. The Kier molecular flexibility index (Phi) is 6.31. The Morgan fingerprint density at radius 1 is 0.778 bits per heavy atom. The average molecular weight is 380 g/mol. The highest BCUT2D eigenvalue weighted by Gasteiger charge is 2.08. The minimum atomic E-state index is 0.321. The Hall–Kier alpha value is -3.46. The molecule has 0 aliphatic carbocycles. The lowest BCUT2D eigenvalue weighted by atomic mass is 10.3. The molecule has 3 rings (SSSR count). The minimum absolute atomic E-state index is 0.321. The maximum atomic E-state index is 5.14. The Morgan fingerprint density at radius 2 is 1.26 bits per heavy atom. The minimum Gasteiger partial charge on any atom is -0.362 e. The number of para-hydroxylation sites is 2. The summed E-state index contributed by atoms with van der Waals surface area (Å²) < 4.78 is 0. The number of hydrazine groups is 1. The summed E-state index contributed by atoms with van der Waals surface area (Å²) in [5.41, 5.74) is 7.47. The molecular weight excluding hydrogens is 360 g/mol. The van der Waals surface area contributed by atoms with Gasteiger partial charge in [-0.05, 0) is 43.4 Å². The van der Waals surface area contributed by atoms with Gasteiger partial charge in [0.05, 0.1) is 0 Å². The van der Waals surface area contributed by atoms with Gasteiger partial charge >= 0.3 is 0 Å². The summed E-state index contributed by atoms with van der Waals surface area (Å²) in [6, 6.07) is 19.3. The summed E-state index contributed by atoms with van der Waals surface area (Å²) in [5.74, 6) is 1.11. The largest absolute Gasteiger partial charge is 0.362 e. The second-order valence-electron chi connectivity index (χ2n) is 5.40. The van der Waals surface area contributed by atoms with Crippen molar-refractivity contribution in [3.63, 3.8) is 0 Å². The predicted molar refractivity (Wildman–Crippen MR) is 112 cm³/mol. The van der Waals surface area contributed by atoms with Gasteiger partial charge in [-0.1, -0.05) is 36.4 Å². The molecule has 27 heavy (non-hydrogen) atoms. The zero-order valence-electron chi connectivity index (χ0n) is 14.7. The maximum absolute atomic E-state index is 5.14. The highest BCUT2D eigenvalue weighted by molar-refractivity contribution is 7.80. The highest BCUT2D eigenvalue weighted by atomic mass is 32.1. The lowest BCUT2D eigenvalue weighted by Gasteiger charge is -2.13. The van der Waals surface area contributed by atoms with E-state index < -0.39 is 0 Å². The van der Waals surface area contributed by atoms with Gasteiger partial charge in [0, 0.05) is 17.9 Å². The van der Waals surface area contributed by atoms with Crippen LogP contribution in [0.5, 0.6) is 0 Å². The first kappa shape index (κ1) is 18.3. The van der Waals surface area contributed by atoms with Crippen LogP contribution in [0.3, 0.4) is 0 Å². The number of thiocarbonyl (C=S) groups is 1. The number of nitrogens with one attached hydrogen (secondary N) is 5. The number of rotatable bonds is 7. The zero-order chi connectivity index (χ0) is 18.9. The third-order valence-electron chi connectivity index (χ3n) is 3.32. The fourth-order valence-electron chi connectivity index (χ4n) is 2.16. The van der Waals surface area contributed by atoms with E-state index in [-0.39, 0.29) is 0 Å². The molecule has 1 aromatic heterocycles. The van der Waals surface area contributed by atoms with Crippen molar-refractivity contribution in [2.45, 2.75) is 6.92 Å². The number of aromatic nitrogens is 3. The zero-order valence-corrected chi connectivity index (χ0v) is 15.5. The third kappa shape index (κ3) is 5.79. The van der Waals surface area contributed by atoms with Crippen LogP contribution in [0.15, 0.2) is 60.7 Å². The van der Waals surface area contributed by atoms with Gasteiger partial charge in [-0.2, -0.15) is 15.0 Å². The van der Waals surface area contributed by atoms with Gasteiger partial charge in [0.1, 0.15) is 0 Å². The normalized spacial score (nSPS) is 9.96.